The molecule has 1 aromatic heterocycles. The number of aromatic amines is 1. The zero-order valence-electron chi connectivity index (χ0n) is 19.0. The molecule has 1 fully saturated rings. The summed E-state index contributed by atoms with van der Waals surface area (Å²) in [5.41, 5.74) is 11.2. The summed E-state index contributed by atoms with van der Waals surface area (Å²) >= 11 is 0. The van der Waals surface area contributed by atoms with Crippen LogP contribution in [0.1, 0.15) is 38.2 Å². The second-order valence-corrected chi connectivity index (χ2v) is 8.42. The van der Waals surface area contributed by atoms with Gasteiger partial charge < -0.3 is 16.4 Å². The predicted octanol–water partition coefficient (Wildman–Crippen LogP) is 0.498. The van der Waals surface area contributed by atoms with Gasteiger partial charge in [0.05, 0.1) is 13.1 Å². The molecule has 3 rings (SSSR count). The van der Waals surface area contributed by atoms with E-state index in [1.807, 2.05) is 42.2 Å². The van der Waals surface area contributed by atoms with Gasteiger partial charge in [0.1, 0.15) is 5.82 Å². The maximum absolute atomic E-state index is 13.3. The van der Waals surface area contributed by atoms with Crippen LogP contribution >= 0.6 is 0 Å². The lowest BCUT2D eigenvalue weighted by molar-refractivity contribution is -0.123. The molecular weight excluding hydrogens is 424 g/mol. The van der Waals surface area contributed by atoms with Gasteiger partial charge in [-0.3, -0.25) is 28.8 Å². The number of hydrogen-bond acceptors (Lipinski definition) is 6. The molecule has 178 valence electrons. The van der Waals surface area contributed by atoms with E-state index in [0.717, 1.165) is 12.0 Å². The highest BCUT2D eigenvalue weighted by atomic mass is 16.2. The third-order valence-electron chi connectivity index (χ3n) is 6.05. The number of rotatable bonds is 9. The van der Waals surface area contributed by atoms with Crippen LogP contribution in [-0.4, -0.2) is 52.4 Å². The first-order valence-electron chi connectivity index (χ1n) is 11.3. The number of nitrogens with zero attached hydrogens (tertiary/aromatic N) is 3. The van der Waals surface area contributed by atoms with E-state index in [0.29, 0.717) is 38.9 Å². The van der Waals surface area contributed by atoms with Crippen molar-refractivity contribution in [3.63, 3.8) is 0 Å². The van der Waals surface area contributed by atoms with E-state index >= 15 is 0 Å². The number of benzene rings is 1. The number of primary amides is 1. The maximum atomic E-state index is 13.3. The van der Waals surface area contributed by atoms with E-state index < -0.39 is 11.2 Å². The Labute approximate surface area is 192 Å². The molecule has 1 saturated heterocycles. The number of carbonyl (C=O) groups is 2. The Bertz CT molecular complexity index is 1090. The number of hydrogen-bond donors (Lipinski definition) is 3. The van der Waals surface area contributed by atoms with Crippen molar-refractivity contribution < 1.29 is 9.59 Å². The van der Waals surface area contributed by atoms with E-state index in [9.17, 15) is 19.2 Å². The van der Waals surface area contributed by atoms with Crippen LogP contribution < -0.4 is 27.6 Å². The monoisotopic (exact) mass is 456 g/mol. The fourth-order valence-electron chi connectivity index (χ4n) is 4.09. The molecule has 0 aliphatic carbocycles. The minimum absolute atomic E-state index is 0.00370. The van der Waals surface area contributed by atoms with Gasteiger partial charge in [0, 0.05) is 12.5 Å². The lowest BCUT2D eigenvalue weighted by atomic mass is 9.96. The number of piperidine rings is 1. The largest absolute Gasteiger partial charge is 0.383 e. The molecule has 33 heavy (non-hydrogen) atoms. The van der Waals surface area contributed by atoms with Gasteiger partial charge in [-0.15, -0.1) is 0 Å². The summed E-state index contributed by atoms with van der Waals surface area (Å²) in [5, 5.41) is 0. The lowest BCUT2D eigenvalue weighted by Crippen LogP contribution is -2.47. The molecule has 1 aliphatic rings. The molecule has 2 aromatic rings. The van der Waals surface area contributed by atoms with Crippen LogP contribution in [0.5, 0.6) is 0 Å². The highest BCUT2D eigenvalue weighted by molar-refractivity contribution is 5.96. The number of H-pyrrole nitrogens is 1. The Balaban J connectivity index is 1.87. The molecular formula is C23H32N6O4. The van der Waals surface area contributed by atoms with Gasteiger partial charge >= 0.3 is 5.69 Å². The van der Waals surface area contributed by atoms with Gasteiger partial charge in [-0.05, 0) is 37.9 Å². The summed E-state index contributed by atoms with van der Waals surface area (Å²) in [7, 11) is 0. The van der Waals surface area contributed by atoms with E-state index in [1.54, 1.807) is 0 Å². The normalized spacial score (nSPS) is 14.8. The van der Waals surface area contributed by atoms with Crippen LogP contribution in [0.15, 0.2) is 39.9 Å². The Morgan fingerprint density at radius 2 is 1.82 bits per heavy atom. The Kier molecular flexibility index (Phi) is 8.05. The van der Waals surface area contributed by atoms with Crippen LogP contribution in [0.2, 0.25) is 0 Å². The second-order valence-electron chi connectivity index (χ2n) is 8.42. The van der Waals surface area contributed by atoms with Crippen molar-refractivity contribution >= 4 is 23.3 Å². The van der Waals surface area contributed by atoms with Crippen molar-refractivity contribution in [3.8, 4) is 0 Å². The lowest BCUT2D eigenvalue weighted by Gasteiger charge is -2.32. The average molecular weight is 457 g/mol. The SMILES string of the molecule is CCCCN(C(=O)CN1CCC(C(N)=O)CC1)c1c(N)n(Cc2ccccc2)c(=O)[nH]c1=O. The van der Waals surface area contributed by atoms with Gasteiger partial charge in [-0.1, -0.05) is 43.7 Å². The third kappa shape index (κ3) is 5.89. The maximum Gasteiger partial charge on any atom is 0.330 e. The molecule has 10 nitrogen and oxygen atoms in total. The first-order valence-corrected chi connectivity index (χ1v) is 11.3. The number of carbonyl (C=O) groups excluding carboxylic acids is 2. The summed E-state index contributed by atoms with van der Waals surface area (Å²) in [6, 6.07) is 9.27. The van der Waals surface area contributed by atoms with Crippen LogP contribution in [0.25, 0.3) is 0 Å². The smallest absolute Gasteiger partial charge is 0.330 e. The van der Waals surface area contributed by atoms with Crippen LogP contribution in [0, 0.1) is 5.92 Å². The molecule has 0 atom stereocenters. The topological polar surface area (TPSA) is 148 Å². The third-order valence-corrected chi connectivity index (χ3v) is 6.05. The second kappa shape index (κ2) is 11.0. The number of likely N-dealkylation sites (tertiary alicyclic amines) is 1. The van der Waals surface area contributed by atoms with Gasteiger partial charge in [0.25, 0.3) is 5.56 Å². The standard InChI is InChI=1S/C23H32N6O4/c1-2-3-11-28(18(30)15-27-12-9-17(10-13-27)21(25)31)19-20(24)29(23(33)26-22(19)32)14-16-7-5-4-6-8-16/h4-8,17H,2-3,9-15,24H2,1H3,(H2,25,31)(H,26,32,33). The van der Waals surface area contributed by atoms with Gasteiger partial charge in [0.2, 0.25) is 11.8 Å². The molecule has 0 saturated carbocycles. The fraction of sp³-hybridized carbons (Fsp3) is 0.478. The summed E-state index contributed by atoms with van der Waals surface area (Å²) in [4.78, 5) is 55.6. The van der Waals surface area contributed by atoms with Crippen molar-refractivity contribution in [3.05, 3.63) is 56.7 Å². The van der Waals surface area contributed by atoms with E-state index in [-0.39, 0.29) is 42.3 Å². The molecule has 0 radical (unpaired) electrons. The number of aromatic nitrogens is 2. The highest BCUT2D eigenvalue weighted by Crippen LogP contribution is 2.21. The molecule has 0 unspecified atom stereocenters. The molecule has 5 N–H and O–H groups in total. The first kappa shape index (κ1) is 24.2. The van der Waals surface area contributed by atoms with Crippen LogP contribution in [0.4, 0.5) is 11.5 Å². The van der Waals surface area contributed by atoms with Crippen molar-refractivity contribution in [2.24, 2.45) is 11.7 Å². The molecule has 1 aromatic carbocycles. The average Bonchev–Trinajstić information content (AvgIpc) is 2.79. The van der Waals surface area contributed by atoms with E-state index in [4.69, 9.17) is 11.5 Å². The molecule has 2 heterocycles. The van der Waals surface area contributed by atoms with Crippen LogP contribution in [0.3, 0.4) is 0 Å². The zero-order chi connectivity index (χ0) is 24.0. The Morgan fingerprint density at radius 1 is 1.15 bits per heavy atom. The van der Waals surface area contributed by atoms with Gasteiger partial charge in [-0.2, -0.15) is 0 Å². The molecule has 10 heteroatoms. The van der Waals surface area contributed by atoms with Crippen LogP contribution in [-0.2, 0) is 16.1 Å². The predicted molar refractivity (Wildman–Crippen MR) is 127 cm³/mol. The Hall–Kier alpha value is -3.40. The van der Waals surface area contributed by atoms with Gasteiger partial charge in [0.15, 0.2) is 5.69 Å². The van der Waals surface area contributed by atoms with Crippen molar-refractivity contribution in [2.45, 2.75) is 39.2 Å². The number of nitrogens with one attached hydrogen (secondary N) is 1. The van der Waals surface area contributed by atoms with E-state index in [1.165, 1.54) is 9.47 Å². The molecule has 1 aliphatic heterocycles. The van der Waals surface area contributed by atoms with E-state index in [2.05, 4.69) is 4.98 Å². The minimum Gasteiger partial charge on any atom is -0.383 e. The summed E-state index contributed by atoms with van der Waals surface area (Å²) in [5.74, 6) is -0.800. The molecule has 2 amide bonds. The number of unbranched alkanes of at least 4 members (excludes halogenated alkanes) is 1. The number of amides is 2. The summed E-state index contributed by atoms with van der Waals surface area (Å²) in [6.45, 7) is 3.70. The fourth-order valence-corrected chi connectivity index (χ4v) is 4.09. The minimum atomic E-state index is -0.682. The number of anilines is 2. The quantitative estimate of drug-likeness (QED) is 0.500. The highest BCUT2D eigenvalue weighted by Gasteiger charge is 2.28. The molecule has 0 spiro atoms. The summed E-state index contributed by atoms with van der Waals surface area (Å²) < 4.78 is 1.27. The first-order chi connectivity index (χ1) is 15.8. The summed E-state index contributed by atoms with van der Waals surface area (Å²) in [6.07, 6.45) is 2.69. The van der Waals surface area contributed by atoms with Crippen molar-refractivity contribution in [1.82, 2.24) is 14.5 Å². The number of nitrogens with two attached hydrogens (primary N) is 2. The van der Waals surface area contributed by atoms with Crippen molar-refractivity contribution in [1.29, 1.82) is 0 Å². The molecule has 0 bridgehead atoms. The van der Waals surface area contributed by atoms with Gasteiger partial charge in [-0.25, -0.2) is 4.79 Å². The van der Waals surface area contributed by atoms with Crippen molar-refractivity contribution in [2.75, 3.05) is 36.8 Å². The Morgan fingerprint density at radius 3 is 2.42 bits per heavy atom. The zero-order valence-corrected chi connectivity index (χ0v) is 19.0. The number of nitrogen functional groups attached to an aromatic ring is 1.